The summed E-state index contributed by atoms with van der Waals surface area (Å²) in [5, 5.41) is 0. The number of alkyl halides is 3. The topological polar surface area (TPSA) is 26.3 Å². The minimum absolute atomic E-state index is 0.461. The van der Waals surface area contributed by atoms with Gasteiger partial charge in [0.15, 0.2) is 0 Å². The molecule has 116 valence electrons. The molecule has 0 saturated heterocycles. The Labute approximate surface area is 168 Å². The Balaban J connectivity index is 0. The van der Waals surface area contributed by atoms with Crippen molar-refractivity contribution in [2.45, 2.75) is 39.5 Å². The van der Waals surface area contributed by atoms with Crippen LogP contribution in [0.2, 0.25) is 0 Å². The van der Waals surface area contributed by atoms with E-state index in [0.717, 1.165) is 0 Å². The van der Waals surface area contributed by atoms with Crippen LogP contribution in [0.5, 0.6) is 5.75 Å². The summed E-state index contributed by atoms with van der Waals surface area (Å²) < 4.78 is 5.00. The number of ether oxygens (including phenoxy) is 1. The van der Waals surface area contributed by atoms with Crippen molar-refractivity contribution in [1.82, 2.24) is 0 Å². The first-order valence-corrected chi connectivity index (χ1v) is 9.95. The zero-order valence-corrected chi connectivity index (χ0v) is 19.1. The van der Waals surface area contributed by atoms with E-state index in [1.54, 1.807) is 24.3 Å². The summed E-state index contributed by atoms with van der Waals surface area (Å²) in [6.07, 6.45) is 4.00. The fourth-order valence-electron chi connectivity index (χ4n) is 0.958. The molecule has 0 atom stereocenters. The molecule has 0 unspecified atom stereocenters. The Morgan fingerprint density at radius 1 is 1.20 bits per heavy atom. The molecule has 0 fully saturated rings. The molecule has 1 aromatic carbocycles. The first kappa shape index (κ1) is 23.4. The van der Waals surface area contributed by atoms with Crippen LogP contribution in [-0.4, -0.2) is 4.86 Å². The van der Waals surface area contributed by atoms with Gasteiger partial charge >= 0.3 is 5.43 Å². The lowest BCUT2D eigenvalue weighted by Crippen LogP contribution is -1.96. The normalized spacial score (nSPS) is 9.55. The maximum absolute atomic E-state index is 10.2. The zero-order valence-electron chi connectivity index (χ0n) is 11.8. The predicted molar refractivity (Wildman–Crippen MR) is 114 cm³/mol. The maximum atomic E-state index is 10.2. The van der Waals surface area contributed by atoms with Crippen molar-refractivity contribution in [3.8, 4) is 5.75 Å². The Bertz CT molecular complexity index is 340. The van der Waals surface area contributed by atoms with Crippen LogP contribution < -0.4 is 4.74 Å². The van der Waals surface area contributed by atoms with Gasteiger partial charge in [0.1, 0.15) is 5.18 Å². The number of para-hydroxylation sites is 1. The largest absolute Gasteiger partial charge is 0.415 e. The first-order valence-electron chi connectivity index (χ1n) is 6.34. The highest BCUT2D eigenvalue weighted by Gasteiger charge is 2.14. The van der Waals surface area contributed by atoms with Crippen molar-refractivity contribution >= 4 is 84.8 Å². The van der Waals surface area contributed by atoms with Gasteiger partial charge in [-0.05, 0) is 18.6 Å². The van der Waals surface area contributed by atoms with Gasteiger partial charge in [0.25, 0.3) is 0 Å². The highest BCUT2D eigenvalue weighted by molar-refractivity contribution is 14.3. The Morgan fingerprint density at radius 2 is 1.70 bits per heavy atom. The van der Waals surface area contributed by atoms with Crippen LogP contribution in [0.1, 0.15) is 40.0 Å². The summed E-state index contributed by atoms with van der Waals surface area (Å²) in [5.74, 6) is 0.461. The molecule has 0 N–H and O–H groups in total. The number of halogens is 4. The zero-order chi connectivity index (χ0) is 16.0. The van der Waals surface area contributed by atoms with Gasteiger partial charge in [-0.25, -0.2) is 4.79 Å². The van der Waals surface area contributed by atoms with Crippen LogP contribution in [0.25, 0.3) is 0 Å². The molecule has 0 saturated carbocycles. The highest BCUT2D eigenvalue weighted by Crippen LogP contribution is 2.39. The Hall–Kier alpha value is 1.17. The van der Waals surface area contributed by atoms with Crippen LogP contribution in [0.4, 0.5) is 4.79 Å². The van der Waals surface area contributed by atoms with Crippen molar-refractivity contribution in [3.05, 3.63) is 30.3 Å². The van der Waals surface area contributed by atoms with E-state index in [2.05, 4.69) is 79.4 Å². The summed E-state index contributed by atoms with van der Waals surface area (Å²) in [6.45, 7) is 6.23. The van der Waals surface area contributed by atoms with Gasteiger partial charge in [-0.3, -0.25) is 0 Å². The minimum atomic E-state index is -0.814. The number of benzene rings is 1. The van der Waals surface area contributed by atoms with Crippen LogP contribution in [0.15, 0.2) is 30.3 Å². The number of carbonyl (C=O) groups excluding carboxylic acids is 1. The monoisotopic (exact) mass is 636 g/mol. The molecule has 2 nitrogen and oxygen atoms in total. The Kier molecular flexibility index (Phi) is 17.7. The number of unbranched alkanes of at least 4 members (excludes halogenated alkanes) is 1. The second-order valence-electron chi connectivity index (χ2n) is 3.37. The van der Waals surface area contributed by atoms with Crippen LogP contribution in [0, 0.1) is 0 Å². The summed E-state index contributed by atoms with van der Waals surface area (Å²) in [6, 6.07) is 8.65. The molecule has 0 aliphatic heterocycles. The molecule has 0 aromatic heterocycles. The standard InChI is InChI=1S/C7H5ClO2.C5H9I3.C2H6/c8-7(9)10-6-4-2-1-3-5-6;1-2-3-4-5(6,7)8;1-2/h1-5H;2-4H2,1H3;1-2H3. The van der Waals surface area contributed by atoms with Gasteiger partial charge in [0, 0.05) is 11.6 Å². The quantitative estimate of drug-likeness (QED) is 0.194. The lowest BCUT2D eigenvalue weighted by atomic mass is 10.3. The smallest absolute Gasteiger partial charge is 0.409 e. The van der Waals surface area contributed by atoms with Crippen LogP contribution in [0.3, 0.4) is 0 Å². The third-order valence-corrected chi connectivity index (χ3v) is 3.45. The second kappa shape index (κ2) is 15.1. The van der Waals surface area contributed by atoms with Gasteiger partial charge in [-0.15, -0.1) is 0 Å². The number of hydrogen-bond donors (Lipinski definition) is 0. The van der Waals surface area contributed by atoms with Gasteiger partial charge in [0.2, 0.25) is 0 Å². The first-order chi connectivity index (χ1) is 9.35. The van der Waals surface area contributed by atoms with Crippen molar-refractivity contribution in [1.29, 1.82) is 0 Å². The molecule has 6 heteroatoms. The fraction of sp³-hybridized carbons (Fsp3) is 0.500. The van der Waals surface area contributed by atoms with E-state index in [1.807, 2.05) is 19.9 Å². The van der Waals surface area contributed by atoms with E-state index >= 15 is 0 Å². The Morgan fingerprint density at radius 3 is 2.00 bits per heavy atom. The molecule has 20 heavy (non-hydrogen) atoms. The fourth-order valence-corrected chi connectivity index (χ4v) is 2.19. The van der Waals surface area contributed by atoms with Crippen LogP contribution in [-0.2, 0) is 0 Å². The molecule has 1 rings (SSSR count). The molecule has 0 aliphatic rings. The molecule has 0 bridgehead atoms. The maximum Gasteiger partial charge on any atom is 0.409 e. The molecule has 0 radical (unpaired) electrons. The van der Waals surface area contributed by atoms with E-state index in [4.69, 9.17) is 11.6 Å². The lowest BCUT2D eigenvalue weighted by Gasteiger charge is -2.09. The van der Waals surface area contributed by atoms with Gasteiger partial charge in [0.05, 0.1) is 0 Å². The molecule has 0 amide bonds. The predicted octanol–water partition coefficient (Wildman–Crippen LogP) is 7.59. The van der Waals surface area contributed by atoms with Crippen LogP contribution >= 0.6 is 79.4 Å². The van der Waals surface area contributed by atoms with Gasteiger partial charge < -0.3 is 4.74 Å². The molecule has 0 aliphatic carbocycles. The van der Waals surface area contributed by atoms with E-state index in [0.29, 0.717) is 5.18 Å². The van der Waals surface area contributed by atoms with Gasteiger partial charge in [-0.2, -0.15) is 0 Å². The molecule has 0 heterocycles. The van der Waals surface area contributed by atoms with E-state index < -0.39 is 5.43 Å². The summed E-state index contributed by atoms with van der Waals surface area (Å²) in [4.78, 5) is 10.2. The van der Waals surface area contributed by atoms with Gasteiger partial charge in [-0.1, -0.05) is 120 Å². The molecule has 0 spiro atoms. The number of carbonyl (C=O) groups is 1. The summed E-state index contributed by atoms with van der Waals surface area (Å²) >= 11 is 12.4. The molecule has 1 aromatic rings. The van der Waals surface area contributed by atoms with Crippen molar-refractivity contribution < 1.29 is 9.53 Å². The van der Waals surface area contributed by atoms with E-state index in [1.165, 1.54) is 19.3 Å². The molecular formula is C14H20ClI3O2. The average molecular weight is 636 g/mol. The number of rotatable bonds is 4. The van der Waals surface area contributed by atoms with E-state index in [9.17, 15) is 4.79 Å². The second-order valence-corrected chi connectivity index (χ2v) is 15.4. The number of hydrogen-bond acceptors (Lipinski definition) is 2. The lowest BCUT2D eigenvalue weighted by molar-refractivity contribution is 0.225. The molecular weight excluding hydrogens is 616 g/mol. The third kappa shape index (κ3) is 19.2. The average Bonchev–Trinajstić information content (AvgIpc) is 2.39. The van der Waals surface area contributed by atoms with Crippen molar-refractivity contribution in [3.63, 3.8) is 0 Å². The third-order valence-electron chi connectivity index (χ3n) is 1.76. The minimum Gasteiger partial charge on any atom is -0.415 e. The van der Waals surface area contributed by atoms with Crippen molar-refractivity contribution in [2.24, 2.45) is 0 Å². The van der Waals surface area contributed by atoms with Crippen molar-refractivity contribution in [2.75, 3.05) is 0 Å². The van der Waals surface area contributed by atoms with E-state index in [-0.39, 0.29) is 0 Å². The SMILES string of the molecule is CC.CCCCC(I)(I)I.O=C(Cl)Oc1ccccc1. The summed E-state index contributed by atoms with van der Waals surface area (Å²) in [5.41, 5.74) is -0.814. The summed E-state index contributed by atoms with van der Waals surface area (Å²) in [7, 11) is 0. The highest BCUT2D eigenvalue weighted by atomic mass is 127.